The Morgan fingerprint density at radius 3 is 2.32 bits per heavy atom. The van der Waals surface area contributed by atoms with Gasteiger partial charge in [-0.3, -0.25) is 4.90 Å². The number of fused-ring (bicyclic) bond motifs is 2. The van der Waals surface area contributed by atoms with E-state index in [1.165, 1.54) is 6.07 Å². The second-order valence-electron chi connectivity index (χ2n) is 6.61. The first-order valence-corrected chi connectivity index (χ1v) is 9.48. The van der Waals surface area contributed by atoms with Crippen LogP contribution in [0.25, 0.3) is 0 Å². The van der Waals surface area contributed by atoms with Crippen LogP contribution in [0.5, 0.6) is 0 Å². The lowest BCUT2D eigenvalue weighted by Gasteiger charge is -2.41. The summed E-state index contributed by atoms with van der Waals surface area (Å²) in [7, 11) is -3.48. The van der Waals surface area contributed by atoms with Crippen molar-refractivity contribution in [2.45, 2.75) is 50.6 Å². The fraction of sp³-hybridized carbons (Fsp3) is 0.625. The molecule has 1 aromatic rings. The molecular weight excluding hydrogens is 303 g/mol. The Balaban J connectivity index is 1.81. The van der Waals surface area contributed by atoms with E-state index in [9.17, 15) is 12.8 Å². The van der Waals surface area contributed by atoms with Crippen LogP contribution in [0.1, 0.15) is 32.3 Å². The van der Waals surface area contributed by atoms with Gasteiger partial charge in [-0.15, -0.1) is 0 Å². The summed E-state index contributed by atoms with van der Waals surface area (Å²) >= 11 is 0. The molecule has 0 spiro atoms. The van der Waals surface area contributed by atoms with Gasteiger partial charge in [0.25, 0.3) is 0 Å². The topological polar surface area (TPSA) is 40.6 Å². The molecule has 2 aliphatic rings. The second kappa shape index (κ2) is 5.91. The number of hydrogen-bond acceptors (Lipinski definition) is 3. The number of hydrogen-bond donors (Lipinski definition) is 0. The molecule has 2 bridgehead atoms. The summed E-state index contributed by atoms with van der Waals surface area (Å²) in [6.07, 6.45) is 1.81. The summed E-state index contributed by atoms with van der Waals surface area (Å²) in [4.78, 5) is 2.34. The molecule has 3 rings (SSSR count). The Kier molecular flexibility index (Phi) is 4.27. The minimum atomic E-state index is -3.48. The van der Waals surface area contributed by atoms with Crippen LogP contribution in [-0.2, 0) is 15.8 Å². The van der Waals surface area contributed by atoms with Crippen LogP contribution in [0.15, 0.2) is 24.3 Å². The van der Waals surface area contributed by atoms with Gasteiger partial charge >= 0.3 is 0 Å². The quantitative estimate of drug-likeness (QED) is 0.852. The molecule has 122 valence electrons. The van der Waals surface area contributed by atoms with E-state index in [0.29, 0.717) is 6.04 Å². The Morgan fingerprint density at radius 2 is 1.77 bits per heavy atom. The van der Waals surface area contributed by atoms with Crippen molar-refractivity contribution < 1.29 is 12.8 Å². The number of sulfonamides is 1. The third kappa shape index (κ3) is 2.92. The number of likely N-dealkylation sites (tertiary alicyclic amines) is 1. The first kappa shape index (κ1) is 15.9. The molecule has 2 atom stereocenters. The zero-order valence-electron chi connectivity index (χ0n) is 13.1. The molecule has 4 nitrogen and oxygen atoms in total. The van der Waals surface area contributed by atoms with Crippen LogP contribution in [-0.4, -0.2) is 48.8 Å². The standard InChI is InChI=1S/C16H23FN2O2S/c1-12(2)18-9-14-7-8-15(10-18)19(14)22(20,21)11-13-5-3-4-6-16(13)17/h3-6,12,14-15H,7-11H2,1-2H3. The SMILES string of the molecule is CC(C)N1CC2CCC(C1)N2S(=O)(=O)Cc1ccccc1F. The predicted octanol–water partition coefficient (Wildman–Crippen LogP) is 2.21. The summed E-state index contributed by atoms with van der Waals surface area (Å²) in [5, 5.41) is 0. The zero-order chi connectivity index (χ0) is 15.9. The lowest BCUT2D eigenvalue weighted by atomic mass is 10.2. The summed E-state index contributed by atoms with van der Waals surface area (Å²) in [6.45, 7) is 5.85. The number of rotatable bonds is 4. The molecule has 0 amide bonds. The van der Waals surface area contributed by atoms with Crippen LogP contribution in [0.4, 0.5) is 4.39 Å². The fourth-order valence-electron chi connectivity index (χ4n) is 3.66. The van der Waals surface area contributed by atoms with E-state index in [-0.39, 0.29) is 23.4 Å². The van der Waals surface area contributed by atoms with E-state index in [4.69, 9.17) is 0 Å². The van der Waals surface area contributed by atoms with Crippen molar-refractivity contribution >= 4 is 10.0 Å². The number of nitrogens with zero attached hydrogens (tertiary/aromatic N) is 2. The van der Waals surface area contributed by atoms with Crippen molar-refractivity contribution in [3.63, 3.8) is 0 Å². The van der Waals surface area contributed by atoms with Gasteiger partial charge in [0, 0.05) is 36.8 Å². The van der Waals surface area contributed by atoms with Crippen LogP contribution < -0.4 is 0 Å². The average Bonchev–Trinajstić information content (AvgIpc) is 2.73. The highest BCUT2D eigenvalue weighted by Crippen LogP contribution is 2.34. The molecule has 0 aliphatic carbocycles. The van der Waals surface area contributed by atoms with E-state index in [0.717, 1.165) is 25.9 Å². The Morgan fingerprint density at radius 1 is 1.18 bits per heavy atom. The smallest absolute Gasteiger partial charge is 0.218 e. The number of benzene rings is 1. The summed E-state index contributed by atoms with van der Waals surface area (Å²) in [5.41, 5.74) is 0.258. The van der Waals surface area contributed by atoms with Gasteiger partial charge in [0.2, 0.25) is 10.0 Å². The molecule has 2 fully saturated rings. The van der Waals surface area contributed by atoms with Crippen LogP contribution >= 0.6 is 0 Å². The highest BCUT2D eigenvalue weighted by atomic mass is 32.2. The van der Waals surface area contributed by atoms with Crippen molar-refractivity contribution in [2.24, 2.45) is 0 Å². The monoisotopic (exact) mass is 326 g/mol. The average molecular weight is 326 g/mol. The van der Waals surface area contributed by atoms with Gasteiger partial charge in [-0.25, -0.2) is 12.8 Å². The third-order valence-electron chi connectivity index (χ3n) is 4.79. The highest BCUT2D eigenvalue weighted by molar-refractivity contribution is 7.88. The molecule has 2 saturated heterocycles. The van der Waals surface area contributed by atoms with E-state index in [1.807, 2.05) is 0 Å². The summed E-state index contributed by atoms with van der Waals surface area (Å²) in [5.74, 6) is -0.687. The largest absolute Gasteiger partial charge is 0.298 e. The maximum atomic E-state index is 13.8. The van der Waals surface area contributed by atoms with Gasteiger partial charge in [0.1, 0.15) is 5.82 Å². The fourth-order valence-corrected chi connectivity index (χ4v) is 5.69. The van der Waals surface area contributed by atoms with Crippen LogP contribution in [0.2, 0.25) is 0 Å². The van der Waals surface area contributed by atoms with E-state index >= 15 is 0 Å². The molecule has 1 aromatic carbocycles. The Hall–Kier alpha value is -0.980. The first-order chi connectivity index (χ1) is 10.4. The molecule has 22 heavy (non-hydrogen) atoms. The van der Waals surface area contributed by atoms with Gasteiger partial charge in [0.15, 0.2) is 0 Å². The van der Waals surface area contributed by atoms with Crippen LogP contribution in [0.3, 0.4) is 0 Å². The van der Waals surface area contributed by atoms with Gasteiger partial charge < -0.3 is 0 Å². The first-order valence-electron chi connectivity index (χ1n) is 7.87. The van der Waals surface area contributed by atoms with Crippen molar-refractivity contribution in [3.8, 4) is 0 Å². The minimum absolute atomic E-state index is 0.0397. The molecule has 0 radical (unpaired) electrons. The molecule has 2 aliphatic heterocycles. The van der Waals surface area contributed by atoms with E-state index < -0.39 is 15.8 Å². The van der Waals surface area contributed by atoms with Gasteiger partial charge in [-0.1, -0.05) is 18.2 Å². The van der Waals surface area contributed by atoms with E-state index in [2.05, 4.69) is 18.7 Å². The second-order valence-corrected chi connectivity index (χ2v) is 8.48. The molecule has 6 heteroatoms. The minimum Gasteiger partial charge on any atom is -0.298 e. The van der Waals surface area contributed by atoms with E-state index in [1.54, 1.807) is 22.5 Å². The van der Waals surface area contributed by atoms with Crippen molar-refractivity contribution in [3.05, 3.63) is 35.6 Å². The number of piperazine rings is 1. The summed E-state index contributed by atoms with van der Waals surface area (Å²) < 4.78 is 41.0. The molecule has 0 aromatic heterocycles. The maximum Gasteiger partial charge on any atom is 0.218 e. The van der Waals surface area contributed by atoms with Gasteiger partial charge in [-0.2, -0.15) is 4.31 Å². The molecular formula is C16H23FN2O2S. The zero-order valence-corrected chi connectivity index (χ0v) is 13.9. The Labute approximate surface area is 132 Å². The Bertz CT molecular complexity index is 633. The van der Waals surface area contributed by atoms with Crippen molar-refractivity contribution in [1.82, 2.24) is 9.21 Å². The van der Waals surface area contributed by atoms with Gasteiger partial charge in [-0.05, 0) is 32.8 Å². The van der Waals surface area contributed by atoms with Crippen molar-refractivity contribution in [1.29, 1.82) is 0 Å². The third-order valence-corrected chi connectivity index (χ3v) is 6.71. The molecule has 2 heterocycles. The maximum absolute atomic E-state index is 13.8. The van der Waals surface area contributed by atoms with Gasteiger partial charge in [0.05, 0.1) is 5.75 Å². The number of halogens is 1. The molecule has 2 unspecified atom stereocenters. The molecule has 0 N–H and O–H groups in total. The molecule has 0 saturated carbocycles. The predicted molar refractivity (Wildman–Crippen MR) is 84.4 cm³/mol. The normalized spacial score (nSPS) is 26.7. The summed E-state index contributed by atoms with van der Waals surface area (Å²) in [6, 6.07) is 6.64. The lowest BCUT2D eigenvalue weighted by molar-refractivity contribution is 0.103. The van der Waals surface area contributed by atoms with Crippen molar-refractivity contribution in [2.75, 3.05) is 13.1 Å². The lowest BCUT2D eigenvalue weighted by Crippen LogP contribution is -2.57. The van der Waals surface area contributed by atoms with Crippen LogP contribution in [0, 0.1) is 5.82 Å². The highest BCUT2D eigenvalue weighted by Gasteiger charge is 2.46.